The molecule has 0 unspecified atom stereocenters. The SMILES string of the molecule is CCOC(=O)CC[C@](C#N)(c1cc(OC)c(OC)c(OC)c1)N1CCOCC1. The van der Waals surface area contributed by atoms with Gasteiger partial charge in [-0.15, -0.1) is 0 Å². The van der Waals surface area contributed by atoms with Gasteiger partial charge in [0.2, 0.25) is 5.75 Å². The first-order valence-corrected chi connectivity index (χ1v) is 9.26. The Bertz CT molecular complexity index is 686. The maximum absolute atomic E-state index is 12.0. The molecule has 154 valence electrons. The molecular formula is C20H28N2O6. The molecule has 0 spiro atoms. The van der Waals surface area contributed by atoms with Gasteiger partial charge in [-0.25, -0.2) is 0 Å². The number of esters is 1. The second-order valence-electron chi connectivity index (χ2n) is 6.29. The van der Waals surface area contributed by atoms with Gasteiger partial charge in [0, 0.05) is 19.5 Å². The summed E-state index contributed by atoms with van der Waals surface area (Å²) in [4.78, 5) is 14.1. The van der Waals surface area contributed by atoms with E-state index in [9.17, 15) is 10.1 Å². The summed E-state index contributed by atoms with van der Waals surface area (Å²) in [7, 11) is 4.59. The maximum Gasteiger partial charge on any atom is 0.305 e. The summed E-state index contributed by atoms with van der Waals surface area (Å²) in [6.45, 7) is 4.26. The lowest BCUT2D eigenvalue weighted by Crippen LogP contribution is -2.51. The van der Waals surface area contributed by atoms with Crippen molar-refractivity contribution >= 4 is 5.97 Å². The van der Waals surface area contributed by atoms with E-state index in [0.29, 0.717) is 55.7 Å². The number of hydrogen-bond donors (Lipinski definition) is 0. The molecule has 1 fully saturated rings. The molecule has 0 amide bonds. The minimum atomic E-state index is -1.05. The molecule has 0 radical (unpaired) electrons. The molecule has 1 saturated heterocycles. The second-order valence-corrected chi connectivity index (χ2v) is 6.29. The van der Waals surface area contributed by atoms with Gasteiger partial charge in [-0.2, -0.15) is 5.26 Å². The first-order chi connectivity index (χ1) is 13.6. The minimum absolute atomic E-state index is 0.120. The Balaban J connectivity index is 2.53. The fourth-order valence-corrected chi connectivity index (χ4v) is 3.46. The van der Waals surface area contributed by atoms with Gasteiger partial charge in [0.05, 0.1) is 47.2 Å². The molecule has 0 saturated carbocycles. The van der Waals surface area contributed by atoms with Gasteiger partial charge in [-0.3, -0.25) is 9.69 Å². The molecule has 1 aliphatic rings. The van der Waals surface area contributed by atoms with Crippen molar-refractivity contribution in [2.24, 2.45) is 0 Å². The van der Waals surface area contributed by atoms with Crippen LogP contribution in [0.4, 0.5) is 0 Å². The van der Waals surface area contributed by atoms with Crippen LogP contribution in [-0.2, 0) is 19.8 Å². The molecule has 1 heterocycles. The summed E-state index contributed by atoms with van der Waals surface area (Å²) < 4.78 is 26.8. The molecule has 1 aliphatic heterocycles. The van der Waals surface area contributed by atoms with Crippen LogP contribution < -0.4 is 14.2 Å². The highest BCUT2D eigenvalue weighted by molar-refractivity contribution is 5.69. The van der Waals surface area contributed by atoms with Crippen LogP contribution in [-0.4, -0.2) is 65.1 Å². The number of morpholine rings is 1. The van der Waals surface area contributed by atoms with E-state index in [2.05, 4.69) is 6.07 Å². The van der Waals surface area contributed by atoms with Crippen molar-refractivity contribution in [2.45, 2.75) is 25.3 Å². The van der Waals surface area contributed by atoms with Crippen LogP contribution in [0.2, 0.25) is 0 Å². The van der Waals surface area contributed by atoms with E-state index < -0.39 is 5.54 Å². The van der Waals surface area contributed by atoms with E-state index in [0.717, 1.165) is 0 Å². The molecule has 8 nitrogen and oxygen atoms in total. The minimum Gasteiger partial charge on any atom is -0.493 e. The highest BCUT2D eigenvalue weighted by Crippen LogP contribution is 2.44. The summed E-state index contributed by atoms with van der Waals surface area (Å²) >= 11 is 0. The number of nitrogens with zero attached hydrogens (tertiary/aromatic N) is 2. The van der Waals surface area contributed by atoms with Crippen LogP contribution in [0.5, 0.6) is 17.2 Å². The number of carbonyl (C=O) groups is 1. The predicted octanol–water partition coefficient (Wildman–Crippen LogP) is 2.11. The zero-order valence-electron chi connectivity index (χ0n) is 16.9. The average molecular weight is 392 g/mol. The summed E-state index contributed by atoms with van der Waals surface area (Å²) in [5.41, 5.74) is -0.376. The van der Waals surface area contributed by atoms with Crippen molar-refractivity contribution in [2.75, 3.05) is 54.2 Å². The van der Waals surface area contributed by atoms with Crippen molar-refractivity contribution in [3.63, 3.8) is 0 Å². The average Bonchev–Trinajstić information content (AvgIpc) is 2.74. The Labute approximate surface area is 165 Å². The van der Waals surface area contributed by atoms with Gasteiger partial charge in [-0.1, -0.05) is 0 Å². The third kappa shape index (κ3) is 4.49. The smallest absolute Gasteiger partial charge is 0.305 e. The Hall–Kier alpha value is -2.50. The van der Waals surface area contributed by atoms with Gasteiger partial charge in [0.25, 0.3) is 0 Å². The molecule has 2 rings (SSSR count). The van der Waals surface area contributed by atoms with Gasteiger partial charge in [-0.05, 0) is 31.0 Å². The van der Waals surface area contributed by atoms with Gasteiger partial charge < -0.3 is 23.7 Å². The molecule has 1 aromatic carbocycles. The summed E-state index contributed by atoms with van der Waals surface area (Å²) in [6.07, 6.45) is 0.399. The Morgan fingerprint density at radius 2 is 1.79 bits per heavy atom. The molecule has 8 heteroatoms. The number of benzene rings is 1. The van der Waals surface area contributed by atoms with Crippen LogP contribution in [0.25, 0.3) is 0 Å². The van der Waals surface area contributed by atoms with Crippen LogP contribution in [0.15, 0.2) is 12.1 Å². The van der Waals surface area contributed by atoms with E-state index in [-0.39, 0.29) is 18.8 Å². The molecule has 0 N–H and O–H groups in total. The monoisotopic (exact) mass is 392 g/mol. The number of methoxy groups -OCH3 is 3. The molecule has 1 aromatic rings. The van der Waals surface area contributed by atoms with E-state index in [1.54, 1.807) is 19.1 Å². The number of ether oxygens (including phenoxy) is 5. The topological polar surface area (TPSA) is 90.3 Å². The Morgan fingerprint density at radius 3 is 2.25 bits per heavy atom. The van der Waals surface area contributed by atoms with Crippen molar-refractivity contribution in [3.05, 3.63) is 17.7 Å². The van der Waals surface area contributed by atoms with Gasteiger partial charge >= 0.3 is 5.97 Å². The standard InChI is InChI=1S/C20H28N2O6/c1-5-28-18(23)6-7-20(14-21,22-8-10-27-11-9-22)15-12-16(24-2)19(26-4)17(13-15)25-3/h12-13H,5-11H2,1-4H3/t20-/m0/s1. The highest BCUT2D eigenvalue weighted by atomic mass is 16.5. The fraction of sp³-hybridized carbons (Fsp3) is 0.600. The zero-order chi connectivity index (χ0) is 20.6. The lowest BCUT2D eigenvalue weighted by molar-refractivity contribution is -0.144. The zero-order valence-corrected chi connectivity index (χ0v) is 16.9. The first-order valence-electron chi connectivity index (χ1n) is 9.26. The quantitative estimate of drug-likeness (QED) is 0.590. The van der Waals surface area contributed by atoms with E-state index in [4.69, 9.17) is 23.7 Å². The van der Waals surface area contributed by atoms with Crippen LogP contribution in [0.3, 0.4) is 0 Å². The van der Waals surface area contributed by atoms with Crippen LogP contribution >= 0.6 is 0 Å². The lowest BCUT2D eigenvalue weighted by atomic mass is 9.84. The van der Waals surface area contributed by atoms with E-state index in [1.807, 2.05) is 4.90 Å². The van der Waals surface area contributed by atoms with Crippen molar-refractivity contribution in [3.8, 4) is 23.3 Å². The third-order valence-corrected chi connectivity index (χ3v) is 4.87. The number of hydrogen-bond acceptors (Lipinski definition) is 8. The molecule has 0 aliphatic carbocycles. The molecule has 0 bridgehead atoms. The summed E-state index contributed by atoms with van der Waals surface area (Å²) in [5.74, 6) is 1.04. The molecular weight excluding hydrogens is 364 g/mol. The molecule has 28 heavy (non-hydrogen) atoms. The Kier molecular flexibility index (Phi) is 7.91. The number of carbonyl (C=O) groups excluding carboxylic acids is 1. The van der Waals surface area contributed by atoms with Crippen molar-refractivity contribution in [1.82, 2.24) is 4.90 Å². The maximum atomic E-state index is 12.0. The van der Waals surface area contributed by atoms with Crippen LogP contribution in [0, 0.1) is 11.3 Å². The van der Waals surface area contributed by atoms with Crippen molar-refractivity contribution in [1.29, 1.82) is 5.26 Å². The highest BCUT2D eigenvalue weighted by Gasteiger charge is 2.41. The first kappa shape index (κ1) is 21.8. The summed E-state index contributed by atoms with van der Waals surface area (Å²) in [6, 6.07) is 5.99. The second kappa shape index (κ2) is 10.2. The van der Waals surface area contributed by atoms with Gasteiger partial charge in [0.15, 0.2) is 11.5 Å². The number of rotatable bonds is 9. The predicted molar refractivity (Wildman–Crippen MR) is 102 cm³/mol. The van der Waals surface area contributed by atoms with E-state index >= 15 is 0 Å². The van der Waals surface area contributed by atoms with Gasteiger partial charge in [0.1, 0.15) is 5.54 Å². The van der Waals surface area contributed by atoms with Crippen molar-refractivity contribution < 1.29 is 28.5 Å². The summed E-state index contributed by atoms with van der Waals surface area (Å²) in [5, 5.41) is 10.3. The van der Waals surface area contributed by atoms with Crippen LogP contribution in [0.1, 0.15) is 25.3 Å². The molecule has 1 atom stereocenters. The van der Waals surface area contributed by atoms with E-state index in [1.165, 1.54) is 21.3 Å². The lowest BCUT2D eigenvalue weighted by Gasteiger charge is -2.41. The molecule has 0 aromatic heterocycles. The fourth-order valence-electron chi connectivity index (χ4n) is 3.46. The normalized spacial score (nSPS) is 16.5. The third-order valence-electron chi connectivity index (χ3n) is 4.87. The number of nitriles is 1. The Morgan fingerprint density at radius 1 is 1.18 bits per heavy atom. The largest absolute Gasteiger partial charge is 0.493 e.